The van der Waals surface area contributed by atoms with E-state index in [1.807, 2.05) is 0 Å². The average Bonchev–Trinajstić information content (AvgIpc) is 2.87. The molecule has 0 N–H and O–H groups in total. The summed E-state index contributed by atoms with van der Waals surface area (Å²) in [7, 11) is 3.22. The molecule has 4 nitrogen and oxygen atoms in total. The van der Waals surface area contributed by atoms with Gasteiger partial charge in [0.2, 0.25) is 0 Å². The van der Waals surface area contributed by atoms with E-state index in [0.717, 1.165) is 12.8 Å². The van der Waals surface area contributed by atoms with Gasteiger partial charge < -0.3 is 9.64 Å². The molecule has 4 heteroatoms. The Balaban J connectivity index is 2.63. The topological polar surface area (TPSA) is 46.6 Å². The molecule has 1 amide bonds. The highest BCUT2D eigenvalue weighted by molar-refractivity contribution is 5.87. The van der Waals surface area contributed by atoms with Crippen LogP contribution >= 0.6 is 0 Å². The van der Waals surface area contributed by atoms with Gasteiger partial charge in [0.05, 0.1) is 0 Å². The fourth-order valence-electron chi connectivity index (χ4n) is 1.41. The van der Waals surface area contributed by atoms with Crippen molar-refractivity contribution in [3.8, 4) is 0 Å². The average molecular weight is 213 g/mol. The number of rotatable bonds is 4. The molecule has 0 bridgehead atoms. The second-order valence-corrected chi connectivity index (χ2v) is 4.70. The van der Waals surface area contributed by atoms with Crippen LogP contribution in [0.1, 0.15) is 33.1 Å². The van der Waals surface area contributed by atoms with Crippen LogP contribution in [0.5, 0.6) is 0 Å². The molecular formula is C11H19NO3. The molecule has 0 aromatic heterocycles. The first-order valence-corrected chi connectivity index (χ1v) is 5.26. The summed E-state index contributed by atoms with van der Waals surface area (Å²) in [6, 6.07) is 0. The molecule has 1 aliphatic rings. The van der Waals surface area contributed by atoms with E-state index in [9.17, 15) is 9.59 Å². The van der Waals surface area contributed by atoms with E-state index in [0.29, 0.717) is 12.3 Å². The first-order valence-electron chi connectivity index (χ1n) is 5.26. The number of carbonyl (C=O) groups excluding carboxylic acids is 2. The zero-order chi connectivity index (χ0) is 11.6. The number of ketones is 1. The molecule has 15 heavy (non-hydrogen) atoms. The van der Waals surface area contributed by atoms with Gasteiger partial charge in [-0.25, -0.2) is 4.79 Å². The molecule has 0 aromatic rings. The quantitative estimate of drug-likeness (QED) is 0.715. The van der Waals surface area contributed by atoms with Gasteiger partial charge in [-0.2, -0.15) is 0 Å². The summed E-state index contributed by atoms with van der Waals surface area (Å²) in [5.41, 5.74) is -0.942. The minimum atomic E-state index is -0.942. The maximum absolute atomic E-state index is 11.5. The smallest absolute Gasteiger partial charge is 0.410 e. The summed E-state index contributed by atoms with van der Waals surface area (Å²) in [5, 5.41) is 0. The fraction of sp³-hybridized carbons (Fsp3) is 0.818. The van der Waals surface area contributed by atoms with Crippen LogP contribution in [0.3, 0.4) is 0 Å². The lowest BCUT2D eigenvalue weighted by Gasteiger charge is -2.28. The molecule has 86 valence electrons. The third-order valence-corrected chi connectivity index (χ3v) is 2.80. The van der Waals surface area contributed by atoms with Gasteiger partial charge in [0.25, 0.3) is 0 Å². The number of hydrogen-bond acceptors (Lipinski definition) is 3. The van der Waals surface area contributed by atoms with Gasteiger partial charge in [0, 0.05) is 14.1 Å². The Morgan fingerprint density at radius 1 is 1.40 bits per heavy atom. The molecule has 0 radical (unpaired) electrons. The standard InChI is InChI=1S/C11H19NO3/c1-8(13)11(2,7-9-5-6-9)15-10(14)12(3)4/h9H,5-7H2,1-4H3/t11-/m1/s1. The van der Waals surface area contributed by atoms with Crippen LogP contribution in [0.15, 0.2) is 0 Å². The molecule has 1 aliphatic carbocycles. The summed E-state index contributed by atoms with van der Waals surface area (Å²) in [4.78, 5) is 24.2. The second-order valence-electron chi connectivity index (χ2n) is 4.70. The first kappa shape index (κ1) is 12.0. The molecule has 0 spiro atoms. The number of nitrogens with zero attached hydrogens (tertiary/aromatic N) is 1. The second kappa shape index (κ2) is 4.21. The molecule has 0 aliphatic heterocycles. The van der Waals surface area contributed by atoms with E-state index in [4.69, 9.17) is 4.74 Å². The Morgan fingerprint density at radius 3 is 2.27 bits per heavy atom. The Bertz CT molecular complexity index is 271. The van der Waals surface area contributed by atoms with Crippen LogP contribution in [0.4, 0.5) is 4.79 Å². The van der Waals surface area contributed by atoms with Crippen molar-refractivity contribution < 1.29 is 14.3 Å². The van der Waals surface area contributed by atoms with Crippen molar-refractivity contribution in [2.75, 3.05) is 14.1 Å². The largest absolute Gasteiger partial charge is 0.435 e. The number of ether oxygens (including phenoxy) is 1. The molecule has 1 rings (SSSR count). The van der Waals surface area contributed by atoms with Crippen LogP contribution in [-0.2, 0) is 9.53 Å². The zero-order valence-electron chi connectivity index (χ0n) is 9.87. The van der Waals surface area contributed by atoms with Crippen LogP contribution in [0.2, 0.25) is 0 Å². The minimum absolute atomic E-state index is 0.0791. The number of amides is 1. The van der Waals surface area contributed by atoms with Gasteiger partial charge in [0.1, 0.15) is 0 Å². The Hall–Kier alpha value is -1.06. The molecular weight excluding hydrogens is 194 g/mol. The predicted molar refractivity (Wildman–Crippen MR) is 56.6 cm³/mol. The summed E-state index contributed by atoms with van der Waals surface area (Å²) in [6.07, 6.45) is 2.49. The van der Waals surface area contributed by atoms with E-state index in [-0.39, 0.29) is 5.78 Å². The number of Topliss-reactive ketones (excluding diaryl/α,β-unsaturated/α-hetero) is 1. The van der Waals surface area contributed by atoms with Crippen LogP contribution < -0.4 is 0 Å². The van der Waals surface area contributed by atoms with Gasteiger partial charge in [-0.3, -0.25) is 4.79 Å². The van der Waals surface area contributed by atoms with Gasteiger partial charge in [0.15, 0.2) is 11.4 Å². The van der Waals surface area contributed by atoms with Gasteiger partial charge in [-0.15, -0.1) is 0 Å². The summed E-state index contributed by atoms with van der Waals surface area (Å²) in [6.45, 7) is 3.18. The fourth-order valence-corrected chi connectivity index (χ4v) is 1.41. The van der Waals surface area contributed by atoms with Crippen molar-refractivity contribution in [1.82, 2.24) is 4.90 Å². The number of hydrogen-bond donors (Lipinski definition) is 0. The van der Waals surface area contributed by atoms with Gasteiger partial charge in [-0.05, 0) is 26.2 Å². The molecule has 0 saturated heterocycles. The number of carbonyl (C=O) groups is 2. The van der Waals surface area contributed by atoms with Gasteiger partial charge >= 0.3 is 6.09 Å². The van der Waals surface area contributed by atoms with Crippen molar-refractivity contribution in [3.05, 3.63) is 0 Å². The lowest BCUT2D eigenvalue weighted by Crippen LogP contribution is -2.42. The van der Waals surface area contributed by atoms with E-state index in [2.05, 4.69) is 0 Å². The third kappa shape index (κ3) is 3.22. The maximum Gasteiger partial charge on any atom is 0.410 e. The van der Waals surface area contributed by atoms with Crippen molar-refractivity contribution in [2.45, 2.75) is 38.7 Å². The molecule has 0 aromatic carbocycles. The van der Waals surface area contributed by atoms with E-state index in [1.54, 1.807) is 21.0 Å². The summed E-state index contributed by atoms with van der Waals surface area (Å²) in [5.74, 6) is 0.471. The van der Waals surface area contributed by atoms with E-state index in [1.165, 1.54) is 11.8 Å². The highest BCUT2D eigenvalue weighted by Crippen LogP contribution is 2.38. The Morgan fingerprint density at radius 2 is 1.93 bits per heavy atom. The van der Waals surface area contributed by atoms with Crippen molar-refractivity contribution in [3.63, 3.8) is 0 Å². The van der Waals surface area contributed by atoms with Crippen molar-refractivity contribution in [1.29, 1.82) is 0 Å². The summed E-state index contributed by atoms with van der Waals surface area (Å²) < 4.78 is 5.25. The first-order chi connectivity index (χ1) is 6.85. The highest BCUT2D eigenvalue weighted by Gasteiger charge is 2.40. The minimum Gasteiger partial charge on any atom is -0.435 e. The third-order valence-electron chi connectivity index (χ3n) is 2.80. The van der Waals surface area contributed by atoms with Crippen molar-refractivity contribution in [2.24, 2.45) is 5.92 Å². The Kier molecular flexibility index (Phi) is 3.37. The normalized spacial score (nSPS) is 19.2. The lowest BCUT2D eigenvalue weighted by atomic mass is 9.94. The molecule has 1 atom stereocenters. The lowest BCUT2D eigenvalue weighted by molar-refractivity contribution is -0.135. The van der Waals surface area contributed by atoms with Crippen LogP contribution in [0, 0.1) is 5.92 Å². The molecule has 1 fully saturated rings. The predicted octanol–water partition coefficient (Wildman–Crippen LogP) is 1.83. The van der Waals surface area contributed by atoms with E-state index >= 15 is 0 Å². The van der Waals surface area contributed by atoms with Crippen LogP contribution in [0.25, 0.3) is 0 Å². The maximum atomic E-state index is 11.5. The monoisotopic (exact) mass is 213 g/mol. The van der Waals surface area contributed by atoms with Crippen molar-refractivity contribution >= 4 is 11.9 Å². The molecule has 0 unspecified atom stereocenters. The molecule has 0 heterocycles. The SMILES string of the molecule is CC(=O)[C@@](C)(CC1CC1)OC(=O)N(C)C. The molecule has 1 saturated carbocycles. The zero-order valence-corrected chi connectivity index (χ0v) is 9.87. The van der Waals surface area contributed by atoms with Gasteiger partial charge in [-0.1, -0.05) is 12.8 Å². The van der Waals surface area contributed by atoms with Crippen LogP contribution in [-0.4, -0.2) is 36.5 Å². The Labute approximate surface area is 90.6 Å². The van der Waals surface area contributed by atoms with E-state index < -0.39 is 11.7 Å². The highest BCUT2D eigenvalue weighted by atomic mass is 16.6. The summed E-state index contributed by atoms with van der Waals surface area (Å²) >= 11 is 0.